The van der Waals surface area contributed by atoms with Crippen molar-refractivity contribution in [2.75, 3.05) is 46.8 Å². The lowest BCUT2D eigenvalue weighted by molar-refractivity contribution is 0.159. The lowest BCUT2D eigenvalue weighted by atomic mass is 10.2. The van der Waals surface area contributed by atoms with Crippen molar-refractivity contribution in [3.63, 3.8) is 0 Å². The van der Waals surface area contributed by atoms with Gasteiger partial charge in [-0.05, 0) is 21.0 Å². The maximum atomic E-state index is 3.40. The Labute approximate surface area is 75.7 Å². The van der Waals surface area contributed by atoms with E-state index in [9.17, 15) is 0 Å². The number of hydrogen-bond donors (Lipinski definition) is 1. The van der Waals surface area contributed by atoms with Gasteiger partial charge in [0.1, 0.15) is 0 Å². The van der Waals surface area contributed by atoms with Gasteiger partial charge in [-0.25, -0.2) is 0 Å². The number of piperazine rings is 1. The van der Waals surface area contributed by atoms with Crippen LogP contribution < -0.4 is 5.32 Å². The third kappa shape index (κ3) is 3.09. The fourth-order valence-electron chi connectivity index (χ4n) is 1.54. The lowest BCUT2D eigenvalue weighted by Crippen LogP contribution is -2.51. The Morgan fingerprint density at radius 1 is 1.50 bits per heavy atom. The molecule has 1 N–H and O–H groups in total. The lowest BCUT2D eigenvalue weighted by Gasteiger charge is -2.34. The van der Waals surface area contributed by atoms with Gasteiger partial charge in [-0.1, -0.05) is 0 Å². The normalized spacial score (nSPS) is 26.5. The molecule has 1 aliphatic rings. The average molecular weight is 171 g/mol. The summed E-state index contributed by atoms with van der Waals surface area (Å²) in [6.07, 6.45) is 0. The van der Waals surface area contributed by atoms with Crippen molar-refractivity contribution in [3.05, 3.63) is 0 Å². The molecule has 1 rings (SSSR count). The number of hydrogen-bond acceptors (Lipinski definition) is 3. The van der Waals surface area contributed by atoms with Gasteiger partial charge in [0.25, 0.3) is 0 Å². The minimum Gasteiger partial charge on any atom is -0.314 e. The third-order valence-electron chi connectivity index (χ3n) is 2.47. The first-order chi connectivity index (χ1) is 5.70. The Kier molecular flexibility index (Phi) is 3.98. The van der Waals surface area contributed by atoms with Crippen LogP contribution in [0.1, 0.15) is 6.92 Å². The van der Waals surface area contributed by atoms with Gasteiger partial charge in [0.15, 0.2) is 0 Å². The van der Waals surface area contributed by atoms with Gasteiger partial charge >= 0.3 is 0 Å². The largest absolute Gasteiger partial charge is 0.314 e. The van der Waals surface area contributed by atoms with Crippen LogP contribution >= 0.6 is 0 Å². The van der Waals surface area contributed by atoms with Crippen molar-refractivity contribution < 1.29 is 0 Å². The van der Waals surface area contributed by atoms with Gasteiger partial charge < -0.3 is 10.2 Å². The van der Waals surface area contributed by atoms with E-state index in [4.69, 9.17) is 0 Å². The highest BCUT2D eigenvalue weighted by atomic mass is 15.2. The molecular weight excluding hydrogens is 150 g/mol. The van der Waals surface area contributed by atoms with Crippen LogP contribution in [0.5, 0.6) is 0 Å². The Bertz CT molecular complexity index is 125. The molecule has 0 saturated carbocycles. The molecule has 1 saturated heterocycles. The maximum Gasteiger partial charge on any atom is 0.0193 e. The average Bonchev–Trinajstić information content (AvgIpc) is 2.03. The van der Waals surface area contributed by atoms with Crippen LogP contribution in [0, 0.1) is 0 Å². The zero-order valence-corrected chi connectivity index (χ0v) is 8.51. The predicted octanol–water partition coefficient (Wildman–Crippen LogP) is -0.158. The molecule has 1 atom stereocenters. The van der Waals surface area contributed by atoms with Gasteiger partial charge in [0.05, 0.1) is 0 Å². The van der Waals surface area contributed by atoms with Gasteiger partial charge in [0, 0.05) is 38.8 Å². The zero-order chi connectivity index (χ0) is 8.97. The van der Waals surface area contributed by atoms with E-state index in [1.54, 1.807) is 0 Å². The molecule has 0 unspecified atom stereocenters. The highest BCUT2D eigenvalue weighted by molar-refractivity contribution is 4.76. The Balaban J connectivity index is 2.20. The van der Waals surface area contributed by atoms with Gasteiger partial charge in [-0.2, -0.15) is 0 Å². The van der Waals surface area contributed by atoms with Crippen molar-refractivity contribution in [1.82, 2.24) is 15.1 Å². The summed E-state index contributed by atoms with van der Waals surface area (Å²) >= 11 is 0. The van der Waals surface area contributed by atoms with E-state index < -0.39 is 0 Å². The summed E-state index contributed by atoms with van der Waals surface area (Å²) < 4.78 is 0. The first-order valence-electron chi connectivity index (χ1n) is 4.79. The number of nitrogens with zero attached hydrogens (tertiary/aromatic N) is 2. The minimum atomic E-state index is 0.707. The molecule has 0 amide bonds. The Morgan fingerprint density at radius 3 is 2.83 bits per heavy atom. The molecule has 1 heterocycles. The Morgan fingerprint density at radius 2 is 2.25 bits per heavy atom. The fraction of sp³-hybridized carbons (Fsp3) is 1.00. The van der Waals surface area contributed by atoms with Crippen LogP contribution in [0.2, 0.25) is 0 Å². The molecule has 1 aliphatic heterocycles. The fourth-order valence-corrected chi connectivity index (χ4v) is 1.54. The molecule has 3 nitrogen and oxygen atoms in total. The molecule has 1 fully saturated rings. The number of rotatable bonds is 3. The van der Waals surface area contributed by atoms with Crippen LogP contribution in [0.4, 0.5) is 0 Å². The molecule has 0 aliphatic carbocycles. The molecule has 0 aromatic carbocycles. The molecule has 0 aromatic rings. The van der Waals surface area contributed by atoms with E-state index >= 15 is 0 Å². The van der Waals surface area contributed by atoms with E-state index in [1.165, 1.54) is 19.6 Å². The van der Waals surface area contributed by atoms with Crippen LogP contribution in [0.25, 0.3) is 0 Å². The molecule has 0 radical (unpaired) electrons. The highest BCUT2D eigenvalue weighted by Gasteiger charge is 2.16. The Hall–Kier alpha value is -0.120. The quantitative estimate of drug-likeness (QED) is 0.637. The van der Waals surface area contributed by atoms with Gasteiger partial charge in [-0.15, -0.1) is 0 Å². The summed E-state index contributed by atoms with van der Waals surface area (Å²) in [6, 6.07) is 0.707. The summed E-state index contributed by atoms with van der Waals surface area (Å²) in [4.78, 5) is 4.80. The molecule has 72 valence electrons. The summed E-state index contributed by atoms with van der Waals surface area (Å²) in [6.45, 7) is 8.17. The van der Waals surface area contributed by atoms with Crippen molar-refractivity contribution in [2.45, 2.75) is 13.0 Å². The second kappa shape index (κ2) is 4.80. The smallest absolute Gasteiger partial charge is 0.0193 e. The van der Waals surface area contributed by atoms with E-state index in [2.05, 4.69) is 36.1 Å². The van der Waals surface area contributed by atoms with Crippen molar-refractivity contribution in [3.8, 4) is 0 Å². The molecule has 0 aromatic heterocycles. The molecule has 12 heavy (non-hydrogen) atoms. The van der Waals surface area contributed by atoms with Gasteiger partial charge in [-0.3, -0.25) is 4.90 Å². The van der Waals surface area contributed by atoms with Crippen molar-refractivity contribution in [2.24, 2.45) is 0 Å². The highest BCUT2D eigenvalue weighted by Crippen LogP contribution is 2.01. The molecule has 3 heteroatoms. The topological polar surface area (TPSA) is 18.5 Å². The monoisotopic (exact) mass is 171 g/mol. The van der Waals surface area contributed by atoms with E-state index in [0.29, 0.717) is 6.04 Å². The summed E-state index contributed by atoms with van der Waals surface area (Å²) in [5, 5.41) is 3.40. The van der Waals surface area contributed by atoms with E-state index in [1.807, 2.05) is 0 Å². The summed E-state index contributed by atoms with van der Waals surface area (Å²) in [5.74, 6) is 0. The second-order valence-electron chi connectivity index (χ2n) is 3.89. The molecular formula is C9H21N3. The van der Waals surface area contributed by atoms with E-state index in [-0.39, 0.29) is 0 Å². The third-order valence-corrected chi connectivity index (χ3v) is 2.47. The maximum absolute atomic E-state index is 3.40. The standard InChI is InChI=1S/C9H21N3/c1-9-8-10-4-5-12(9)7-6-11(2)3/h9-10H,4-8H2,1-3H3/t9-/m1/s1. The van der Waals surface area contributed by atoms with Crippen LogP contribution in [0.3, 0.4) is 0 Å². The van der Waals surface area contributed by atoms with Crippen molar-refractivity contribution >= 4 is 0 Å². The van der Waals surface area contributed by atoms with Crippen LogP contribution in [-0.2, 0) is 0 Å². The first kappa shape index (κ1) is 9.96. The van der Waals surface area contributed by atoms with Gasteiger partial charge in [0.2, 0.25) is 0 Å². The number of nitrogens with one attached hydrogen (secondary N) is 1. The van der Waals surface area contributed by atoms with Crippen molar-refractivity contribution in [1.29, 1.82) is 0 Å². The van der Waals surface area contributed by atoms with E-state index in [0.717, 1.165) is 13.1 Å². The van der Waals surface area contributed by atoms with Crippen LogP contribution in [0.15, 0.2) is 0 Å². The number of likely N-dealkylation sites (N-methyl/N-ethyl adjacent to an activating group) is 1. The zero-order valence-electron chi connectivity index (χ0n) is 8.51. The predicted molar refractivity (Wildman–Crippen MR) is 52.5 cm³/mol. The molecule has 0 spiro atoms. The van der Waals surface area contributed by atoms with Crippen LogP contribution in [-0.4, -0.2) is 62.7 Å². The molecule has 0 bridgehead atoms. The summed E-state index contributed by atoms with van der Waals surface area (Å²) in [7, 11) is 4.26. The second-order valence-corrected chi connectivity index (χ2v) is 3.89. The minimum absolute atomic E-state index is 0.707. The first-order valence-corrected chi connectivity index (χ1v) is 4.79. The summed E-state index contributed by atoms with van der Waals surface area (Å²) in [5.41, 5.74) is 0. The SMILES string of the molecule is C[C@@H]1CNCCN1CCN(C)C.